The minimum atomic E-state index is 0.714. The van der Waals surface area contributed by atoms with Crippen LogP contribution in [0.3, 0.4) is 0 Å². The maximum atomic E-state index is 5.94. The van der Waals surface area contributed by atoms with Crippen LogP contribution >= 0.6 is 22.9 Å². The summed E-state index contributed by atoms with van der Waals surface area (Å²) in [4.78, 5) is 5.40. The minimum absolute atomic E-state index is 0.714. The third-order valence-electron chi connectivity index (χ3n) is 2.81. The van der Waals surface area contributed by atoms with Crippen LogP contribution in [0, 0.1) is 0 Å². The third-order valence-corrected chi connectivity index (χ3v) is 3.92. The van der Waals surface area contributed by atoms with Crippen LogP contribution in [0.2, 0.25) is 4.34 Å². The van der Waals surface area contributed by atoms with Crippen LogP contribution < -0.4 is 9.47 Å². The van der Waals surface area contributed by atoms with E-state index in [2.05, 4.69) is 4.98 Å². The molecule has 0 aliphatic rings. The number of fused-ring (bicyclic) bond motifs is 1. The molecule has 3 aromatic rings. The predicted molar refractivity (Wildman–Crippen MR) is 76.6 cm³/mol. The summed E-state index contributed by atoms with van der Waals surface area (Å²) in [6, 6.07) is 5.64. The Morgan fingerprint density at radius 3 is 2.74 bits per heavy atom. The quantitative estimate of drug-likeness (QED) is 0.738. The summed E-state index contributed by atoms with van der Waals surface area (Å²) in [5.41, 5.74) is 1.73. The fourth-order valence-corrected chi connectivity index (χ4v) is 2.92. The molecular formula is C13H11ClN2O2S. The van der Waals surface area contributed by atoms with Crippen molar-refractivity contribution >= 4 is 27.9 Å². The number of benzene rings is 1. The number of halogens is 1. The Labute approximate surface area is 119 Å². The van der Waals surface area contributed by atoms with E-state index in [1.165, 1.54) is 11.3 Å². The molecule has 0 saturated heterocycles. The van der Waals surface area contributed by atoms with Gasteiger partial charge >= 0.3 is 0 Å². The van der Waals surface area contributed by atoms with Crippen molar-refractivity contribution in [1.82, 2.24) is 9.38 Å². The van der Waals surface area contributed by atoms with Crippen LogP contribution in [0.5, 0.6) is 11.5 Å². The number of rotatable bonds is 3. The van der Waals surface area contributed by atoms with Crippen molar-refractivity contribution in [3.05, 3.63) is 34.9 Å². The molecule has 3 rings (SSSR count). The molecule has 6 heteroatoms. The minimum Gasteiger partial charge on any atom is -0.497 e. The van der Waals surface area contributed by atoms with E-state index >= 15 is 0 Å². The molecule has 0 atom stereocenters. The van der Waals surface area contributed by atoms with Gasteiger partial charge in [0.2, 0.25) is 0 Å². The Balaban J connectivity index is 2.15. The van der Waals surface area contributed by atoms with Crippen LogP contribution in [0.1, 0.15) is 0 Å². The number of hydrogen-bond donors (Lipinski definition) is 0. The summed E-state index contributed by atoms with van der Waals surface area (Å²) >= 11 is 7.38. The summed E-state index contributed by atoms with van der Waals surface area (Å²) in [6.45, 7) is 0. The largest absolute Gasteiger partial charge is 0.497 e. The van der Waals surface area contributed by atoms with Gasteiger partial charge in [-0.25, -0.2) is 4.98 Å². The fourth-order valence-electron chi connectivity index (χ4n) is 1.91. The average Bonchev–Trinajstić information content (AvgIpc) is 2.95. The average molecular weight is 295 g/mol. The highest BCUT2D eigenvalue weighted by Crippen LogP contribution is 2.34. The van der Waals surface area contributed by atoms with Gasteiger partial charge in [0.25, 0.3) is 0 Å². The lowest BCUT2D eigenvalue weighted by Crippen LogP contribution is -1.90. The lowest BCUT2D eigenvalue weighted by molar-refractivity contribution is 0.404. The first kappa shape index (κ1) is 12.3. The molecule has 19 heavy (non-hydrogen) atoms. The Morgan fingerprint density at radius 1 is 1.21 bits per heavy atom. The first-order chi connectivity index (χ1) is 9.21. The molecule has 4 nitrogen and oxygen atoms in total. The monoisotopic (exact) mass is 294 g/mol. The Morgan fingerprint density at radius 2 is 2.05 bits per heavy atom. The van der Waals surface area contributed by atoms with Crippen LogP contribution in [-0.2, 0) is 0 Å². The van der Waals surface area contributed by atoms with E-state index in [1.54, 1.807) is 14.2 Å². The molecule has 0 fully saturated rings. The highest BCUT2D eigenvalue weighted by molar-refractivity contribution is 7.20. The molecule has 0 saturated carbocycles. The van der Waals surface area contributed by atoms with Crippen molar-refractivity contribution in [2.75, 3.05) is 14.2 Å². The molecule has 2 heterocycles. The third kappa shape index (κ3) is 2.15. The van der Waals surface area contributed by atoms with E-state index in [0.29, 0.717) is 4.34 Å². The van der Waals surface area contributed by atoms with Gasteiger partial charge in [0, 0.05) is 18.0 Å². The summed E-state index contributed by atoms with van der Waals surface area (Å²) < 4.78 is 13.2. The molecule has 0 amide bonds. The number of methoxy groups -OCH3 is 2. The molecule has 0 aliphatic heterocycles. The normalized spacial score (nSPS) is 10.9. The smallest absolute Gasteiger partial charge is 0.195 e. The van der Waals surface area contributed by atoms with Gasteiger partial charge in [-0.15, -0.1) is 0 Å². The Hall–Kier alpha value is -1.72. The lowest BCUT2D eigenvalue weighted by Gasteiger charge is -2.08. The van der Waals surface area contributed by atoms with Gasteiger partial charge in [-0.1, -0.05) is 22.9 Å². The molecular weight excluding hydrogens is 284 g/mol. The van der Waals surface area contributed by atoms with E-state index in [0.717, 1.165) is 27.7 Å². The van der Waals surface area contributed by atoms with Crippen molar-refractivity contribution < 1.29 is 9.47 Å². The number of ether oxygens (including phenoxy) is 2. The van der Waals surface area contributed by atoms with Crippen LogP contribution in [0.25, 0.3) is 16.2 Å². The highest BCUT2D eigenvalue weighted by Gasteiger charge is 2.12. The first-order valence-electron chi connectivity index (χ1n) is 5.57. The van der Waals surface area contributed by atoms with Gasteiger partial charge in [0.15, 0.2) is 4.96 Å². The first-order valence-corrected chi connectivity index (χ1v) is 6.77. The van der Waals surface area contributed by atoms with E-state index in [9.17, 15) is 0 Å². The van der Waals surface area contributed by atoms with Crippen molar-refractivity contribution in [2.45, 2.75) is 0 Å². The molecule has 0 bridgehead atoms. The van der Waals surface area contributed by atoms with Crippen molar-refractivity contribution in [2.24, 2.45) is 0 Å². The molecule has 0 unspecified atom stereocenters. The second kappa shape index (κ2) is 4.75. The Kier molecular flexibility index (Phi) is 3.08. The molecule has 0 spiro atoms. The molecule has 98 valence electrons. The summed E-state index contributed by atoms with van der Waals surface area (Å²) in [7, 11) is 3.28. The number of nitrogens with zero attached hydrogens (tertiary/aromatic N) is 2. The molecule has 2 aromatic heterocycles. The van der Waals surface area contributed by atoms with Crippen LogP contribution in [0.4, 0.5) is 0 Å². The van der Waals surface area contributed by atoms with E-state index < -0.39 is 0 Å². The van der Waals surface area contributed by atoms with Gasteiger partial charge in [-0.3, -0.25) is 4.40 Å². The van der Waals surface area contributed by atoms with Crippen LogP contribution in [0.15, 0.2) is 30.6 Å². The van der Waals surface area contributed by atoms with Gasteiger partial charge in [-0.2, -0.15) is 0 Å². The second-order valence-electron chi connectivity index (χ2n) is 3.92. The molecule has 0 aliphatic carbocycles. The van der Waals surface area contributed by atoms with Gasteiger partial charge in [0.1, 0.15) is 15.8 Å². The predicted octanol–water partition coefficient (Wildman–Crippen LogP) is 3.73. The number of thiazole rings is 1. The maximum Gasteiger partial charge on any atom is 0.195 e. The summed E-state index contributed by atoms with van der Waals surface area (Å²) in [5.74, 6) is 1.53. The zero-order valence-corrected chi connectivity index (χ0v) is 12.0. The van der Waals surface area contributed by atoms with Crippen molar-refractivity contribution in [3.63, 3.8) is 0 Å². The van der Waals surface area contributed by atoms with Crippen molar-refractivity contribution in [1.29, 1.82) is 0 Å². The number of hydrogen-bond acceptors (Lipinski definition) is 4. The molecule has 0 radical (unpaired) electrons. The lowest BCUT2D eigenvalue weighted by atomic mass is 10.1. The highest BCUT2D eigenvalue weighted by atomic mass is 35.5. The van der Waals surface area contributed by atoms with E-state index in [4.69, 9.17) is 21.1 Å². The van der Waals surface area contributed by atoms with Gasteiger partial charge in [0.05, 0.1) is 19.9 Å². The van der Waals surface area contributed by atoms with E-state index in [-0.39, 0.29) is 0 Å². The van der Waals surface area contributed by atoms with Crippen LogP contribution in [-0.4, -0.2) is 23.6 Å². The molecule has 1 aromatic carbocycles. The van der Waals surface area contributed by atoms with Crippen molar-refractivity contribution in [3.8, 4) is 22.8 Å². The zero-order chi connectivity index (χ0) is 13.4. The summed E-state index contributed by atoms with van der Waals surface area (Å²) in [5, 5.41) is 0. The second-order valence-corrected chi connectivity index (χ2v) is 5.56. The number of aromatic nitrogens is 2. The Bertz CT molecular complexity index is 704. The van der Waals surface area contributed by atoms with Gasteiger partial charge < -0.3 is 9.47 Å². The van der Waals surface area contributed by atoms with E-state index in [1.807, 2.05) is 35.0 Å². The topological polar surface area (TPSA) is 35.8 Å². The molecule has 0 N–H and O–H groups in total. The number of imidazole rings is 1. The fraction of sp³-hybridized carbons (Fsp3) is 0.154. The zero-order valence-electron chi connectivity index (χ0n) is 10.4. The SMILES string of the molecule is COc1ccc(OC)c(-c2cn3cc(Cl)sc3n2)c1. The standard InChI is InChI=1S/C13H11ClN2O2S/c1-17-8-3-4-11(18-2)9(5-8)10-6-16-7-12(14)19-13(16)15-10/h3-7H,1-2H3. The van der Waals surface area contributed by atoms with Gasteiger partial charge in [-0.05, 0) is 18.2 Å². The summed E-state index contributed by atoms with van der Waals surface area (Å²) in [6.07, 6.45) is 3.76. The maximum absolute atomic E-state index is 5.94.